The van der Waals surface area contributed by atoms with E-state index in [1.165, 1.54) is 31.4 Å². The molecule has 3 aromatic rings. The van der Waals surface area contributed by atoms with Crippen molar-refractivity contribution in [2.75, 3.05) is 7.11 Å². The molecule has 156 valence electrons. The first-order valence-electron chi connectivity index (χ1n) is 8.88. The van der Waals surface area contributed by atoms with Crippen LogP contribution < -0.4 is 5.32 Å². The van der Waals surface area contributed by atoms with Crippen LogP contribution in [0.4, 0.5) is 13.2 Å². The molecule has 0 fully saturated rings. The highest BCUT2D eigenvalue weighted by Gasteiger charge is 2.40. The number of carbonyl (C=O) groups excluding carboxylic acids is 2. The molecule has 0 spiro atoms. The number of carbonyl (C=O) groups is 2. The first-order valence-corrected chi connectivity index (χ1v) is 8.88. The lowest BCUT2D eigenvalue weighted by molar-refractivity contribution is -0.143. The highest BCUT2D eigenvalue weighted by atomic mass is 19.4. The van der Waals surface area contributed by atoms with Gasteiger partial charge in [-0.1, -0.05) is 29.8 Å². The first-order chi connectivity index (χ1) is 14.2. The number of ether oxygens (including phenoxy) is 1. The van der Waals surface area contributed by atoms with Crippen molar-refractivity contribution in [2.24, 2.45) is 0 Å². The molecule has 0 bridgehead atoms. The Hall–Kier alpha value is -3.62. The molecule has 0 aliphatic heterocycles. The predicted octanol–water partition coefficient (Wildman–Crippen LogP) is 3.92. The van der Waals surface area contributed by atoms with Crippen molar-refractivity contribution in [3.05, 3.63) is 82.7 Å². The number of benzene rings is 2. The average molecular weight is 417 g/mol. The summed E-state index contributed by atoms with van der Waals surface area (Å²) in [4.78, 5) is 23.9. The van der Waals surface area contributed by atoms with Crippen LogP contribution in [-0.2, 0) is 17.5 Å². The maximum absolute atomic E-state index is 13.7. The third-order valence-corrected chi connectivity index (χ3v) is 4.39. The van der Waals surface area contributed by atoms with Gasteiger partial charge in [0.05, 0.1) is 30.1 Å². The van der Waals surface area contributed by atoms with E-state index in [2.05, 4.69) is 15.2 Å². The topological polar surface area (TPSA) is 73.2 Å². The van der Waals surface area contributed by atoms with Gasteiger partial charge in [0, 0.05) is 6.54 Å². The average Bonchev–Trinajstić information content (AvgIpc) is 3.18. The van der Waals surface area contributed by atoms with Crippen molar-refractivity contribution in [3.63, 3.8) is 0 Å². The Bertz CT molecular complexity index is 1060. The Labute approximate surface area is 170 Å². The van der Waals surface area contributed by atoms with E-state index in [-0.39, 0.29) is 12.2 Å². The smallest absolute Gasteiger partial charge is 0.434 e. The summed E-state index contributed by atoms with van der Waals surface area (Å²) in [6.07, 6.45) is -3.88. The van der Waals surface area contributed by atoms with E-state index in [4.69, 9.17) is 0 Å². The summed E-state index contributed by atoms with van der Waals surface area (Å²) in [5.41, 5.74) is 0.293. The van der Waals surface area contributed by atoms with E-state index in [0.717, 1.165) is 11.8 Å². The largest absolute Gasteiger partial charge is 0.465 e. The van der Waals surface area contributed by atoms with Crippen molar-refractivity contribution in [3.8, 4) is 5.69 Å². The highest BCUT2D eigenvalue weighted by Crippen LogP contribution is 2.33. The fourth-order valence-electron chi connectivity index (χ4n) is 2.82. The molecule has 1 heterocycles. The number of hydrogen-bond acceptors (Lipinski definition) is 4. The summed E-state index contributed by atoms with van der Waals surface area (Å²) in [6, 6.07) is 12.5. The van der Waals surface area contributed by atoms with Gasteiger partial charge in [0.15, 0.2) is 5.69 Å². The summed E-state index contributed by atoms with van der Waals surface area (Å²) < 4.78 is 46.4. The summed E-state index contributed by atoms with van der Waals surface area (Å²) >= 11 is 0. The van der Waals surface area contributed by atoms with Crippen molar-refractivity contribution >= 4 is 11.9 Å². The quantitative estimate of drug-likeness (QED) is 0.639. The summed E-state index contributed by atoms with van der Waals surface area (Å²) in [7, 11) is 1.26. The van der Waals surface area contributed by atoms with Gasteiger partial charge in [-0.2, -0.15) is 18.3 Å². The van der Waals surface area contributed by atoms with Gasteiger partial charge < -0.3 is 10.1 Å². The maximum Gasteiger partial charge on any atom is 0.434 e. The second kappa shape index (κ2) is 8.40. The zero-order chi connectivity index (χ0) is 21.9. The lowest BCUT2D eigenvalue weighted by atomic mass is 10.1. The Morgan fingerprint density at radius 2 is 1.70 bits per heavy atom. The molecule has 0 aliphatic carbocycles. The summed E-state index contributed by atoms with van der Waals surface area (Å²) in [5, 5.41) is 6.24. The number of aromatic nitrogens is 2. The number of esters is 1. The minimum Gasteiger partial charge on any atom is -0.465 e. The van der Waals surface area contributed by atoms with Gasteiger partial charge in [0.2, 0.25) is 0 Å². The molecular weight excluding hydrogens is 399 g/mol. The Morgan fingerprint density at radius 1 is 1.07 bits per heavy atom. The molecule has 1 aromatic heterocycles. The number of hydrogen-bond donors (Lipinski definition) is 1. The van der Waals surface area contributed by atoms with Crippen molar-refractivity contribution in [2.45, 2.75) is 19.6 Å². The van der Waals surface area contributed by atoms with Gasteiger partial charge in [0.25, 0.3) is 5.91 Å². The second-order valence-corrected chi connectivity index (χ2v) is 6.52. The number of aryl methyl sites for hydroxylation is 1. The molecule has 0 saturated carbocycles. The minimum absolute atomic E-state index is 0.0205. The van der Waals surface area contributed by atoms with Gasteiger partial charge in [-0.15, -0.1) is 0 Å². The van der Waals surface area contributed by atoms with Crippen molar-refractivity contribution < 1.29 is 27.5 Å². The van der Waals surface area contributed by atoms with Crippen LogP contribution in [-0.4, -0.2) is 28.8 Å². The van der Waals surface area contributed by atoms with Crippen LogP contribution in [0.3, 0.4) is 0 Å². The lowest BCUT2D eigenvalue weighted by Gasteiger charge is -2.13. The molecule has 3 rings (SSSR count). The lowest BCUT2D eigenvalue weighted by Crippen LogP contribution is -2.26. The number of amides is 1. The zero-order valence-electron chi connectivity index (χ0n) is 16.2. The fraction of sp³-hybridized carbons (Fsp3) is 0.190. The van der Waals surface area contributed by atoms with Gasteiger partial charge in [-0.3, -0.25) is 4.79 Å². The minimum atomic E-state index is -4.78. The standard InChI is InChI=1S/C21H18F3N3O3/c1-13-3-9-16(10-4-13)27-18(21(22,23)24)17(12-26-27)19(28)25-11-14-5-7-15(8-6-14)20(29)30-2/h3-10,12H,11H2,1-2H3,(H,25,28). The number of alkyl halides is 3. The van der Waals surface area contributed by atoms with Crippen LogP contribution >= 0.6 is 0 Å². The third kappa shape index (κ3) is 4.51. The molecule has 1 N–H and O–H groups in total. The van der Waals surface area contributed by atoms with E-state index in [1.54, 1.807) is 24.3 Å². The van der Waals surface area contributed by atoms with Crippen LogP contribution in [0.5, 0.6) is 0 Å². The van der Waals surface area contributed by atoms with Crippen LogP contribution in [0, 0.1) is 6.92 Å². The van der Waals surface area contributed by atoms with E-state index in [9.17, 15) is 22.8 Å². The number of methoxy groups -OCH3 is 1. The third-order valence-electron chi connectivity index (χ3n) is 4.39. The van der Waals surface area contributed by atoms with Crippen LogP contribution in [0.25, 0.3) is 5.69 Å². The van der Waals surface area contributed by atoms with E-state index < -0.39 is 29.3 Å². The Morgan fingerprint density at radius 3 is 2.27 bits per heavy atom. The SMILES string of the molecule is COC(=O)c1ccc(CNC(=O)c2cnn(-c3ccc(C)cc3)c2C(F)(F)F)cc1. The maximum atomic E-state index is 13.7. The molecule has 6 nitrogen and oxygen atoms in total. The summed E-state index contributed by atoms with van der Waals surface area (Å²) in [6.45, 7) is 1.79. The Kier molecular flexibility index (Phi) is 5.91. The van der Waals surface area contributed by atoms with Gasteiger partial charge in [0.1, 0.15) is 0 Å². The van der Waals surface area contributed by atoms with E-state index in [0.29, 0.717) is 15.8 Å². The first kappa shape index (κ1) is 21.1. The van der Waals surface area contributed by atoms with Crippen molar-refractivity contribution in [1.82, 2.24) is 15.1 Å². The molecule has 2 aromatic carbocycles. The molecule has 1 amide bonds. The molecule has 9 heteroatoms. The van der Waals surface area contributed by atoms with Crippen molar-refractivity contribution in [1.29, 1.82) is 0 Å². The molecule has 0 radical (unpaired) electrons. The predicted molar refractivity (Wildman–Crippen MR) is 102 cm³/mol. The van der Waals surface area contributed by atoms with Crippen LogP contribution in [0.2, 0.25) is 0 Å². The number of halogens is 3. The highest BCUT2D eigenvalue weighted by molar-refractivity contribution is 5.95. The van der Waals surface area contributed by atoms with Crippen LogP contribution in [0.1, 0.15) is 37.5 Å². The fourth-order valence-corrected chi connectivity index (χ4v) is 2.82. The molecule has 30 heavy (non-hydrogen) atoms. The normalized spacial score (nSPS) is 11.2. The van der Waals surface area contributed by atoms with Gasteiger partial charge >= 0.3 is 12.1 Å². The van der Waals surface area contributed by atoms with Gasteiger partial charge in [-0.05, 0) is 36.8 Å². The zero-order valence-corrected chi connectivity index (χ0v) is 16.2. The number of rotatable bonds is 5. The number of nitrogens with one attached hydrogen (secondary N) is 1. The summed E-state index contributed by atoms with van der Waals surface area (Å²) in [5.74, 6) is -1.42. The van der Waals surface area contributed by atoms with Gasteiger partial charge in [-0.25, -0.2) is 9.48 Å². The Balaban J connectivity index is 1.82. The van der Waals surface area contributed by atoms with Crippen LogP contribution in [0.15, 0.2) is 54.7 Å². The molecule has 0 aliphatic rings. The molecule has 0 atom stereocenters. The number of nitrogens with zero attached hydrogens (tertiary/aromatic N) is 2. The second-order valence-electron chi connectivity index (χ2n) is 6.52. The molecular formula is C21H18F3N3O3. The van der Waals surface area contributed by atoms with E-state index >= 15 is 0 Å². The van der Waals surface area contributed by atoms with E-state index in [1.807, 2.05) is 6.92 Å². The molecule has 0 unspecified atom stereocenters. The molecule has 0 saturated heterocycles. The monoisotopic (exact) mass is 417 g/mol.